The first kappa shape index (κ1) is 11.7. The van der Waals surface area contributed by atoms with Crippen LogP contribution >= 0.6 is 15.9 Å². The standard InChI is InChI=1S/C12H17BrO/c1-3-10-4-5-11(12(13)7-10)6-9(2)8-14/h4-5,7,9,14H,3,6,8H2,1-2H3. The molecule has 78 valence electrons. The van der Waals surface area contributed by atoms with Gasteiger partial charge in [0.25, 0.3) is 0 Å². The molecule has 0 aliphatic carbocycles. The number of hydrogen-bond acceptors (Lipinski definition) is 1. The fourth-order valence-corrected chi connectivity index (χ4v) is 2.00. The third-order valence-corrected chi connectivity index (χ3v) is 3.14. The lowest BCUT2D eigenvalue weighted by Gasteiger charge is -2.10. The molecule has 1 nitrogen and oxygen atoms in total. The summed E-state index contributed by atoms with van der Waals surface area (Å²) in [5.41, 5.74) is 2.63. The zero-order valence-corrected chi connectivity index (χ0v) is 10.3. The van der Waals surface area contributed by atoms with Crippen molar-refractivity contribution in [1.82, 2.24) is 0 Å². The Hall–Kier alpha value is -0.340. The van der Waals surface area contributed by atoms with Crippen LogP contribution in [0.4, 0.5) is 0 Å². The minimum Gasteiger partial charge on any atom is -0.396 e. The van der Waals surface area contributed by atoms with Crippen LogP contribution in [-0.4, -0.2) is 11.7 Å². The van der Waals surface area contributed by atoms with E-state index < -0.39 is 0 Å². The van der Waals surface area contributed by atoms with Crippen molar-refractivity contribution in [2.45, 2.75) is 26.7 Å². The van der Waals surface area contributed by atoms with Gasteiger partial charge < -0.3 is 5.11 Å². The van der Waals surface area contributed by atoms with Crippen molar-refractivity contribution < 1.29 is 5.11 Å². The first-order valence-electron chi connectivity index (χ1n) is 5.05. The zero-order chi connectivity index (χ0) is 10.6. The highest BCUT2D eigenvalue weighted by Crippen LogP contribution is 2.21. The molecule has 1 aromatic rings. The SMILES string of the molecule is CCc1ccc(CC(C)CO)c(Br)c1. The van der Waals surface area contributed by atoms with E-state index in [1.807, 2.05) is 0 Å². The molecule has 1 unspecified atom stereocenters. The fraction of sp³-hybridized carbons (Fsp3) is 0.500. The highest BCUT2D eigenvalue weighted by molar-refractivity contribution is 9.10. The molecule has 0 saturated carbocycles. The minimum atomic E-state index is 0.252. The molecule has 2 heteroatoms. The van der Waals surface area contributed by atoms with Crippen molar-refractivity contribution in [3.63, 3.8) is 0 Å². The molecule has 1 N–H and O–H groups in total. The predicted octanol–water partition coefficient (Wildman–Crippen LogP) is 3.18. The van der Waals surface area contributed by atoms with E-state index in [0.29, 0.717) is 5.92 Å². The Labute approximate surface area is 94.3 Å². The van der Waals surface area contributed by atoms with E-state index in [1.165, 1.54) is 11.1 Å². The van der Waals surface area contributed by atoms with Gasteiger partial charge in [-0.1, -0.05) is 41.9 Å². The average Bonchev–Trinajstić information content (AvgIpc) is 2.20. The smallest absolute Gasteiger partial charge is 0.0459 e. The van der Waals surface area contributed by atoms with Crippen LogP contribution < -0.4 is 0 Å². The summed E-state index contributed by atoms with van der Waals surface area (Å²) in [4.78, 5) is 0. The van der Waals surface area contributed by atoms with Gasteiger partial charge in [0.1, 0.15) is 0 Å². The van der Waals surface area contributed by atoms with E-state index in [9.17, 15) is 0 Å². The lowest BCUT2D eigenvalue weighted by atomic mass is 10.0. The van der Waals surface area contributed by atoms with E-state index in [1.54, 1.807) is 0 Å². The summed E-state index contributed by atoms with van der Waals surface area (Å²) >= 11 is 3.56. The van der Waals surface area contributed by atoms with Crippen LogP contribution in [-0.2, 0) is 12.8 Å². The third kappa shape index (κ3) is 3.10. The number of halogens is 1. The molecule has 0 aliphatic rings. The van der Waals surface area contributed by atoms with Gasteiger partial charge in [0.15, 0.2) is 0 Å². The first-order chi connectivity index (χ1) is 6.67. The number of rotatable bonds is 4. The topological polar surface area (TPSA) is 20.2 Å². The van der Waals surface area contributed by atoms with Gasteiger partial charge in [-0.25, -0.2) is 0 Å². The molecule has 0 heterocycles. The van der Waals surface area contributed by atoms with Crippen molar-refractivity contribution >= 4 is 15.9 Å². The molecule has 0 saturated heterocycles. The van der Waals surface area contributed by atoms with Gasteiger partial charge in [0.05, 0.1) is 0 Å². The van der Waals surface area contributed by atoms with Crippen molar-refractivity contribution in [3.8, 4) is 0 Å². The molecule has 1 atom stereocenters. The van der Waals surface area contributed by atoms with Crippen molar-refractivity contribution in [2.24, 2.45) is 5.92 Å². The van der Waals surface area contributed by atoms with Gasteiger partial charge in [-0.2, -0.15) is 0 Å². The maximum absolute atomic E-state index is 8.97. The molecule has 0 bridgehead atoms. The van der Waals surface area contributed by atoms with E-state index >= 15 is 0 Å². The summed E-state index contributed by atoms with van der Waals surface area (Å²) in [6.45, 7) is 4.46. The normalized spacial score (nSPS) is 12.9. The highest BCUT2D eigenvalue weighted by Gasteiger charge is 2.05. The molecule has 1 aromatic carbocycles. The highest BCUT2D eigenvalue weighted by atomic mass is 79.9. The molecule has 0 spiro atoms. The molecule has 14 heavy (non-hydrogen) atoms. The van der Waals surface area contributed by atoms with Crippen LogP contribution in [0.1, 0.15) is 25.0 Å². The molecular weight excluding hydrogens is 240 g/mol. The number of aryl methyl sites for hydroxylation is 1. The number of hydrogen-bond donors (Lipinski definition) is 1. The van der Waals surface area contributed by atoms with Crippen LogP contribution in [0.25, 0.3) is 0 Å². The Morgan fingerprint density at radius 1 is 1.43 bits per heavy atom. The summed E-state index contributed by atoms with van der Waals surface area (Å²) < 4.78 is 1.16. The van der Waals surface area contributed by atoms with E-state index in [4.69, 9.17) is 5.11 Å². The number of aliphatic hydroxyl groups is 1. The minimum absolute atomic E-state index is 0.252. The summed E-state index contributed by atoms with van der Waals surface area (Å²) in [7, 11) is 0. The molecular formula is C12H17BrO. The quantitative estimate of drug-likeness (QED) is 0.878. The lowest BCUT2D eigenvalue weighted by Crippen LogP contribution is -2.05. The first-order valence-corrected chi connectivity index (χ1v) is 5.84. The van der Waals surface area contributed by atoms with Crippen LogP contribution in [0.15, 0.2) is 22.7 Å². The van der Waals surface area contributed by atoms with Crippen LogP contribution in [0.3, 0.4) is 0 Å². The molecule has 0 aliphatic heterocycles. The Morgan fingerprint density at radius 3 is 2.64 bits per heavy atom. The Balaban J connectivity index is 2.78. The fourth-order valence-electron chi connectivity index (χ4n) is 1.42. The van der Waals surface area contributed by atoms with E-state index in [2.05, 4.69) is 48.0 Å². The maximum atomic E-state index is 8.97. The van der Waals surface area contributed by atoms with Gasteiger partial charge in [0.2, 0.25) is 0 Å². The van der Waals surface area contributed by atoms with E-state index in [-0.39, 0.29) is 6.61 Å². The van der Waals surface area contributed by atoms with Gasteiger partial charge in [-0.05, 0) is 36.0 Å². The van der Waals surface area contributed by atoms with Crippen LogP contribution in [0, 0.1) is 5.92 Å². The number of benzene rings is 1. The largest absolute Gasteiger partial charge is 0.396 e. The Morgan fingerprint density at radius 2 is 2.14 bits per heavy atom. The summed E-state index contributed by atoms with van der Waals surface area (Å²) in [6.07, 6.45) is 2.00. The Bertz CT molecular complexity index is 296. The zero-order valence-electron chi connectivity index (χ0n) is 8.76. The molecule has 0 radical (unpaired) electrons. The second kappa shape index (κ2) is 5.52. The van der Waals surface area contributed by atoms with Gasteiger partial charge >= 0.3 is 0 Å². The maximum Gasteiger partial charge on any atom is 0.0459 e. The molecule has 0 aromatic heterocycles. The summed E-state index contributed by atoms with van der Waals surface area (Å²) in [5, 5.41) is 8.97. The van der Waals surface area contributed by atoms with Crippen LogP contribution in [0.2, 0.25) is 0 Å². The third-order valence-electron chi connectivity index (χ3n) is 2.41. The van der Waals surface area contributed by atoms with Crippen molar-refractivity contribution in [3.05, 3.63) is 33.8 Å². The molecule has 0 fully saturated rings. The summed E-state index contributed by atoms with van der Waals surface area (Å²) in [5.74, 6) is 0.332. The van der Waals surface area contributed by atoms with Gasteiger partial charge in [-0.15, -0.1) is 0 Å². The molecule has 1 rings (SSSR count). The number of aliphatic hydroxyl groups excluding tert-OH is 1. The second-order valence-corrected chi connectivity index (χ2v) is 4.63. The van der Waals surface area contributed by atoms with Crippen molar-refractivity contribution in [2.75, 3.05) is 6.61 Å². The van der Waals surface area contributed by atoms with E-state index in [0.717, 1.165) is 17.3 Å². The summed E-state index contributed by atoms with van der Waals surface area (Å²) in [6, 6.07) is 6.47. The monoisotopic (exact) mass is 256 g/mol. The predicted molar refractivity (Wildman–Crippen MR) is 63.5 cm³/mol. The second-order valence-electron chi connectivity index (χ2n) is 3.77. The van der Waals surface area contributed by atoms with Gasteiger partial charge in [-0.3, -0.25) is 0 Å². The average molecular weight is 257 g/mol. The van der Waals surface area contributed by atoms with Crippen LogP contribution in [0.5, 0.6) is 0 Å². The lowest BCUT2D eigenvalue weighted by molar-refractivity contribution is 0.237. The van der Waals surface area contributed by atoms with Crippen molar-refractivity contribution in [1.29, 1.82) is 0 Å². The molecule has 0 amide bonds. The van der Waals surface area contributed by atoms with Gasteiger partial charge in [0, 0.05) is 11.1 Å². The Kier molecular flexibility index (Phi) is 4.63.